The molecule has 0 bridgehead atoms. The third-order valence-corrected chi connectivity index (χ3v) is 5.38. The number of ether oxygens (including phenoxy) is 1. The highest BCUT2D eigenvalue weighted by molar-refractivity contribution is 7.89. The first kappa shape index (κ1) is 17.3. The van der Waals surface area contributed by atoms with E-state index in [0.29, 0.717) is 16.5 Å². The van der Waals surface area contributed by atoms with Gasteiger partial charge in [0.2, 0.25) is 10.0 Å². The van der Waals surface area contributed by atoms with Gasteiger partial charge in [-0.25, -0.2) is 23.5 Å². The van der Waals surface area contributed by atoms with E-state index in [2.05, 4.69) is 20.3 Å². The average Bonchev–Trinajstić information content (AvgIpc) is 2.94. The van der Waals surface area contributed by atoms with Crippen molar-refractivity contribution in [2.75, 3.05) is 12.4 Å². The first-order chi connectivity index (χ1) is 11.9. The van der Waals surface area contributed by atoms with Gasteiger partial charge in [0, 0.05) is 12.4 Å². The fourth-order valence-corrected chi connectivity index (χ4v) is 3.92. The number of nitrogens with one attached hydrogen (secondary N) is 1. The van der Waals surface area contributed by atoms with Crippen LogP contribution in [0.2, 0.25) is 0 Å². The maximum atomic E-state index is 11.8. The quantitative estimate of drug-likeness (QED) is 0.700. The fourth-order valence-electron chi connectivity index (χ4n) is 2.23. The zero-order valence-electron chi connectivity index (χ0n) is 13.4. The molecule has 0 amide bonds. The standard InChI is InChI=1S/C15H15N5O3S2/c1-9-14(24-15(19-9)20-13-8-17-5-6-18-13)10-3-4-11(23-2)12(7-10)25(16,21)22/h3-8H,1-2H3,(H2,16,21,22)(H,18,19,20). The molecule has 0 saturated heterocycles. The lowest BCUT2D eigenvalue weighted by Crippen LogP contribution is -2.13. The minimum Gasteiger partial charge on any atom is -0.495 e. The van der Waals surface area contributed by atoms with Crippen LogP contribution < -0.4 is 15.2 Å². The van der Waals surface area contributed by atoms with Gasteiger partial charge >= 0.3 is 0 Å². The van der Waals surface area contributed by atoms with Crippen molar-refractivity contribution in [3.63, 3.8) is 0 Å². The van der Waals surface area contributed by atoms with E-state index >= 15 is 0 Å². The molecule has 0 unspecified atom stereocenters. The van der Waals surface area contributed by atoms with E-state index in [1.165, 1.54) is 24.5 Å². The number of sulfonamides is 1. The van der Waals surface area contributed by atoms with E-state index in [9.17, 15) is 8.42 Å². The number of methoxy groups -OCH3 is 1. The van der Waals surface area contributed by atoms with Crippen molar-refractivity contribution in [1.82, 2.24) is 15.0 Å². The monoisotopic (exact) mass is 377 g/mol. The lowest BCUT2D eigenvalue weighted by Gasteiger charge is -2.08. The third kappa shape index (κ3) is 3.76. The summed E-state index contributed by atoms with van der Waals surface area (Å²) in [5.74, 6) is 0.772. The van der Waals surface area contributed by atoms with E-state index in [4.69, 9.17) is 9.88 Å². The van der Waals surface area contributed by atoms with Crippen LogP contribution in [0.3, 0.4) is 0 Å². The second kappa shape index (κ2) is 6.75. The molecule has 0 aliphatic carbocycles. The first-order valence-electron chi connectivity index (χ1n) is 7.10. The molecule has 0 aliphatic heterocycles. The molecule has 10 heteroatoms. The number of rotatable bonds is 5. The highest BCUT2D eigenvalue weighted by atomic mass is 32.2. The number of benzene rings is 1. The topological polar surface area (TPSA) is 120 Å². The van der Waals surface area contributed by atoms with Crippen LogP contribution in [0, 0.1) is 6.92 Å². The second-order valence-electron chi connectivity index (χ2n) is 5.06. The van der Waals surface area contributed by atoms with E-state index < -0.39 is 10.0 Å². The van der Waals surface area contributed by atoms with E-state index in [-0.39, 0.29) is 10.6 Å². The van der Waals surface area contributed by atoms with Gasteiger partial charge in [0.1, 0.15) is 10.6 Å². The number of nitrogens with two attached hydrogens (primary N) is 1. The highest BCUT2D eigenvalue weighted by Crippen LogP contribution is 2.36. The Morgan fingerprint density at radius 3 is 2.72 bits per heavy atom. The van der Waals surface area contributed by atoms with Gasteiger partial charge in [-0.1, -0.05) is 11.3 Å². The average molecular weight is 377 g/mol. The SMILES string of the molecule is COc1ccc(-c2sc(Nc3cnccn3)nc2C)cc1S(N)(=O)=O. The predicted molar refractivity (Wildman–Crippen MR) is 95.5 cm³/mol. The Morgan fingerprint density at radius 1 is 1.28 bits per heavy atom. The summed E-state index contributed by atoms with van der Waals surface area (Å²) in [7, 11) is -2.51. The van der Waals surface area contributed by atoms with Gasteiger partial charge in [-0.15, -0.1) is 0 Å². The molecule has 0 saturated carbocycles. The molecular formula is C15H15N5O3S2. The van der Waals surface area contributed by atoms with Crippen molar-refractivity contribution in [3.8, 4) is 16.2 Å². The molecule has 1 aromatic carbocycles. The molecule has 25 heavy (non-hydrogen) atoms. The van der Waals surface area contributed by atoms with Crippen LogP contribution in [0.1, 0.15) is 5.69 Å². The smallest absolute Gasteiger partial charge is 0.241 e. The Bertz CT molecular complexity index is 1000. The Morgan fingerprint density at radius 2 is 2.08 bits per heavy atom. The summed E-state index contributed by atoms with van der Waals surface area (Å²) in [6, 6.07) is 4.82. The van der Waals surface area contributed by atoms with Crippen LogP contribution in [0.4, 0.5) is 10.9 Å². The summed E-state index contributed by atoms with van der Waals surface area (Å²) in [5, 5.41) is 8.97. The number of hydrogen-bond donors (Lipinski definition) is 2. The van der Waals surface area contributed by atoms with Gasteiger partial charge in [0.25, 0.3) is 0 Å². The molecule has 3 aromatic rings. The first-order valence-corrected chi connectivity index (χ1v) is 9.46. The maximum Gasteiger partial charge on any atom is 0.241 e. The molecule has 130 valence electrons. The Labute approximate surface area is 148 Å². The summed E-state index contributed by atoms with van der Waals surface area (Å²) in [6.45, 7) is 1.84. The van der Waals surface area contributed by atoms with Crippen molar-refractivity contribution in [2.45, 2.75) is 11.8 Å². The number of anilines is 2. The predicted octanol–water partition coefficient (Wildman–Crippen LogP) is 2.31. The Hall–Kier alpha value is -2.56. The van der Waals surface area contributed by atoms with Crippen LogP contribution in [-0.2, 0) is 10.0 Å². The molecule has 0 aliphatic rings. The summed E-state index contributed by atoms with van der Waals surface area (Å²) < 4.78 is 28.6. The number of aryl methyl sites for hydroxylation is 1. The van der Waals surface area contributed by atoms with Crippen molar-refractivity contribution < 1.29 is 13.2 Å². The molecule has 3 N–H and O–H groups in total. The Balaban J connectivity index is 2.00. The highest BCUT2D eigenvalue weighted by Gasteiger charge is 2.18. The van der Waals surface area contributed by atoms with Crippen molar-refractivity contribution in [3.05, 3.63) is 42.5 Å². The fraction of sp³-hybridized carbons (Fsp3) is 0.133. The summed E-state index contributed by atoms with van der Waals surface area (Å²) in [6.07, 6.45) is 4.74. The molecule has 3 rings (SSSR count). The zero-order valence-corrected chi connectivity index (χ0v) is 15.1. The third-order valence-electron chi connectivity index (χ3n) is 3.33. The van der Waals surface area contributed by atoms with Gasteiger partial charge < -0.3 is 10.1 Å². The van der Waals surface area contributed by atoms with Crippen LogP contribution >= 0.6 is 11.3 Å². The van der Waals surface area contributed by atoms with Crippen molar-refractivity contribution in [1.29, 1.82) is 0 Å². The lowest BCUT2D eigenvalue weighted by atomic mass is 10.1. The zero-order chi connectivity index (χ0) is 18.0. The van der Waals surface area contributed by atoms with Crippen molar-refractivity contribution >= 4 is 32.3 Å². The van der Waals surface area contributed by atoms with E-state index in [1.54, 1.807) is 30.7 Å². The van der Waals surface area contributed by atoms with E-state index in [1.807, 2.05) is 6.92 Å². The lowest BCUT2D eigenvalue weighted by molar-refractivity contribution is 0.403. The van der Waals surface area contributed by atoms with Gasteiger partial charge in [-0.2, -0.15) is 0 Å². The van der Waals surface area contributed by atoms with Crippen LogP contribution in [0.5, 0.6) is 5.75 Å². The molecule has 0 atom stereocenters. The molecule has 0 spiro atoms. The number of thiazole rings is 1. The molecule has 2 heterocycles. The molecular weight excluding hydrogens is 362 g/mol. The van der Waals surface area contributed by atoms with Crippen LogP contribution in [-0.4, -0.2) is 30.5 Å². The molecule has 2 aromatic heterocycles. The number of primary sulfonamides is 1. The number of nitrogens with zero attached hydrogens (tertiary/aromatic N) is 3. The minimum absolute atomic E-state index is 0.0660. The van der Waals surface area contributed by atoms with Gasteiger partial charge in [0.05, 0.1) is 23.9 Å². The normalized spacial score (nSPS) is 11.3. The molecule has 8 nitrogen and oxygen atoms in total. The number of hydrogen-bond acceptors (Lipinski definition) is 8. The summed E-state index contributed by atoms with van der Waals surface area (Å²) in [4.78, 5) is 13.3. The van der Waals surface area contributed by atoms with Gasteiger partial charge in [-0.3, -0.25) is 4.98 Å². The number of aromatic nitrogens is 3. The minimum atomic E-state index is -3.91. The molecule has 0 radical (unpaired) electrons. The van der Waals surface area contributed by atoms with Crippen LogP contribution in [0.25, 0.3) is 10.4 Å². The van der Waals surface area contributed by atoms with E-state index in [0.717, 1.165) is 10.6 Å². The second-order valence-corrected chi connectivity index (χ2v) is 7.59. The van der Waals surface area contributed by atoms with Crippen LogP contribution in [0.15, 0.2) is 41.7 Å². The van der Waals surface area contributed by atoms with Crippen molar-refractivity contribution in [2.24, 2.45) is 5.14 Å². The van der Waals surface area contributed by atoms with Gasteiger partial charge in [0.15, 0.2) is 10.9 Å². The summed E-state index contributed by atoms with van der Waals surface area (Å²) in [5.41, 5.74) is 1.44. The van der Waals surface area contributed by atoms with Gasteiger partial charge in [-0.05, 0) is 30.7 Å². The Kier molecular flexibility index (Phi) is 4.66. The summed E-state index contributed by atoms with van der Waals surface area (Å²) >= 11 is 1.37. The maximum absolute atomic E-state index is 11.8. The largest absolute Gasteiger partial charge is 0.495 e. The molecule has 0 fully saturated rings.